The zero-order valence-corrected chi connectivity index (χ0v) is 12.3. The van der Waals surface area contributed by atoms with Crippen LogP contribution < -0.4 is 4.74 Å². The second-order valence-electron chi connectivity index (χ2n) is 5.34. The Hall–Kier alpha value is -2.23. The van der Waals surface area contributed by atoms with Crippen LogP contribution in [0.3, 0.4) is 0 Å². The Bertz CT molecular complexity index is 752. The number of imidazole rings is 1. The van der Waals surface area contributed by atoms with Crippen LogP contribution in [0.1, 0.15) is 31.0 Å². The number of fused-ring (bicyclic) bond motifs is 1. The van der Waals surface area contributed by atoms with E-state index in [4.69, 9.17) is 4.74 Å². The molecule has 0 saturated carbocycles. The van der Waals surface area contributed by atoms with Crippen molar-refractivity contribution in [1.29, 1.82) is 0 Å². The Labute approximate surface area is 118 Å². The van der Waals surface area contributed by atoms with Crippen LogP contribution in [0.2, 0.25) is 0 Å². The third-order valence-corrected chi connectivity index (χ3v) is 3.71. The van der Waals surface area contributed by atoms with Gasteiger partial charge in [0.1, 0.15) is 5.75 Å². The summed E-state index contributed by atoms with van der Waals surface area (Å²) in [4.78, 5) is 7.42. The molecular formula is C16H19N3O. The summed E-state index contributed by atoms with van der Waals surface area (Å²) in [5.74, 6) is 1.36. The normalized spacial score (nSPS) is 11.4. The summed E-state index contributed by atoms with van der Waals surface area (Å²) in [7, 11) is 1.72. The average molecular weight is 269 g/mol. The van der Waals surface area contributed by atoms with Crippen molar-refractivity contribution in [3.8, 4) is 11.4 Å². The topological polar surface area (TPSA) is 42.8 Å². The first-order valence-corrected chi connectivity index (χ1v) is 6.81. The minimum absolute atomic E-state index is 0.427. The van der Waals surface area contributed by atoms with Crippen molar-refractivity contribution in [2.75, 3.05) is 7.11 Å². The highest BCUT2D eigenvalue weighted by Gasteiger charge is 2.17. The lowest BCUT2D eigenvalue weighted by Gasteiger charge is -2.13. The van der Waals surface area contributed by atoms with E-state index in [1.807, 2.05) is 6.07 Å². The molecule has 4 nitrogen and oxygen atoms in total. The lowest BCUT2D eigenvalue weighted by Crippen LogP contribution is -2.02. The summed E-state index contributed by atoms with van der Waals surface area (Å²) in [5.41, 5.74) is 5.63. The molecule has 4 heteroatoms. The number of H-pyrrole nitrogens is 1. The van der Waals surface area contributed by atoms with Crippen LogP contribution in [0.25, 0.3) is 16.7 Å². The predicted octanol–water partition coefficient (Wildman–Crippen LogP) is 3.79. The van der Waals surface area contributed by atoms with E-state index in [9.17, 15) is 0 Å². The number of methoxy groups -OCH3 is 1. The van der Waals surface area contributed by atoms with Crippen molar-refractivity contribution in [3.05, 3.63) is 42.0 Å². The number of benzene rings is 1. The van der Waals surface area contributed by atoms with E-state index in [-0.39, 0.29) is 0 Å². The van der Waals surface area contributed by atoms with Crippen molar-refractivity contribution >= 4 is 11.0 Å². The molecule has 0 aliphatic heterocycles. The fourth-order valence-electron chi connectivity index (χ4n) is 2.79. The molecule has 0 unspecified atom stereocenters. The number of rotatable bonds is 3. The fraction of sp³-hybridized carbons (Fsp3) is 0.312. The summed E-state index contributed by atoms with van der Waals surface area (Å²) in [6.45, 7) is 6.51. The molecule has 2 aromatic heterocycles. The zero-order valence-electron chi connectivity index (χ0n) is 12.3. The van der Waals surface area contributed by atoms with Crippen LogP contribution in [-0.4, -0.2) is 21.6 Å². The number of nitrogens with zero attached hydrogens (tertiary/aromatic N) is 2. The molecule has 0 aliphatic carbocycles. The molecule has 1 aromatic carbocycles. The van der Waals surface area contributed by atoms with Gasteiger partial charge in [0, 0.05) is 16.9 Å². The molecule has 3 rings (SSSR count). The van der Waals surface area contributed by atoms with E-state index in [1.165, 1.54) is 11.3 Å². The number of nitrogens with one attached hydrogen (secondary N) is 1. The molecule has 20 heavy (non-hydrogen) atoms. The SMILES string of the molecule is COc1cn(-c2ccc3nc[nH]c3c2)c(C(C)C)c1C. The van der Waals surface area contributed by atoms with Gasteiger partial charge in [-0.1, -0.05) is 13.8 Å². The maximum atomic E-state index is 5.47. The Morgan fingerprint density at radius 2 is 2.10 bits per heavy atom. The molecule has 0 bridgehead atoms. The van der Waals surface area contributed by atoms with Crippen molar-refractivity contribution in [3.63, 3.8) is 0 Å². The summed E-state index contributed by atoms with van der Waals surface area (Å²) in [5, 5.41) is 0. The van der Waals surface area contributed by atoms with Gasteiger partial charge in [-0.25, -0.2) is 4.98 Å². The van der Waals surface area contributed by atoms with Gasteiger partial charge in [-0.2, -0.15) is 0 Å². The van der Waals surface area contributed by atoms with Gasteiger partial charge in [0.25, 0.3) is 0 Å². The quantitative estimate of drug-likeness (QED) is 0.786. The maximum absolute atomic E-state index is 5.47. The predicted molar refractivity (Wildman–Crippen MR) is 80.8 cm³/mol. The van der Waals surface area contributed by atoms with E-state index < -0.39 is 0 Å². The molecule has 0 amide bonds. The van der Waals surface area contributed by atoms with Crippen LogP contribution in [0.5, 0.6) is 5.75 Å². The Balaban J connectivity index is 2.21. The van der Waals surface area contributed by atoms with Crippen LogP contribution in [0, 0.1) is 6.92 Å². The van der Waals surface area contributed by atoms with E-state index >= 15 is 0 Å². The van der Waals surface area contributed by atoms with Gasteiger partial charge in [-0.05, 0) is 31.0 Å². The van der Waals surface area contributed by atoms with Crippen molar-refractivity contribution in [2.24, 2.45) is 0 Å². The Kier molecular flexibility index (Phi) is 3.01. The third kappa shape index (κ3) is 1.88. The molecule has 104 valence electrons. The first kappa shape index (κ1) is 12.8. The van der Waals surface area contributed by atoms with Gasteiger partial charge in [-0.15, -0.1) is 0 Å². The van der Waals surface area contributed by atoms with Crippen LogP contribution in [0.15, 0.2) is 30.7 Å². The number of aromatic amines is 1. The van der Waals surface area contributed by atoms with Crippen molar-refractivity contribution in [2.45, 2.75) is 26.7 Å². The molecule has 3 aromatic rings. The van der Waals surface area contributed by atoms with E-state index in [2.05, 4.69) is 53.6 Å². The number of hydrogen-bond donors (Lipinski definition) is 1. The van der Waals surface area contributed by atoms with Gasteiger partial charge in [-0.3, -0.25) is 0 Å². The lowest BCUT2D eigenvalue weighted by molar-refractivity contribution is 0.412. The molecule has 0 fully saturated rings. The van der Waals surface area contributed by atoms with Crippen molar-refractivity contribution in [1.82, 2.24) is 14.5 Å². The van der Waals surface area contributed by atoms with Gasteiger partial charge < -0.3 is 14.3 Å². The molecule has 1 N–H and O–H groups in total. The second kappa shape index (κ2) is 4.71. The molecule has 0 aliphatic rings. The molecule has 0 radical (unpaired) electrons. The van der Waals surface area contributed by atoms with Crippen LogP contribution >= 0.6 is 0 Å². The smallest absolute Gasteiger partial charge is 0.140 e. The molecule has 0 spiro atoms. The third-order valence-electron chi connectivity index (χ3n) is 3.71. The largest absolute Gasteiger partial charge is 0.495 e. The Morgan fingerprint density at radius 3 is 2.80 bits per heavy atom. The zero-order chi connectivity index (χ0) is 14.3. The van der Waals surface area contributed by atoms with E-state index in [0.717, 1.165) is 22.5 Å². The minimum Gasteiger partial charge on any atom is -0.495 e. The summed E-state index contributed by atoms with van der Waals surface area (Å²) in [6.07, 6.45) is 3.78. The number of hydrogen-bond acceptors (Lipinski definition) is 2. The summed E-state index contributed by atoms with van der Waals surface area (Å²) >= 11 is 0. The van der Waals surface area contributed by atoms with Crippen LogP contribution in [0.4, 0.5) is 0 Å². The number of aromatic nitrogens is 3. The highest BCUT2D eigenvalue weighted by molar-refractivity contribution is 5.77. The first-order chi connectivity index (χ1) is 9.61. The van der Waals surface area contributed by atoms with Crippen molar-refractivity contribution < 1.29 is 4.74 Å². The highest BCUT2D eigenvalue weighted by Crippen LogP contribution is 2.32. The molecule has 0 saturated heterocycles. The van der Waals surface area contributed by atoms with Crippen LogP contribution in [-0.2, 0) is 0 Å². The fourth-order valence-corrected chi connectivity index (χ4v) is 2.79. The van der Waals surface area contributed by atoms with Gasteiger partial charge in [0.05, 0.1) is 30.7 Å². The van der Waals surface area contributed by atoms with Gasteiger partial charge in [0.15, 0.2) is 0 Å². The maximum Gasteiger partial charge on any atom is 0.140 e. The lowest BCUT2D eigenvalue weighted by atomic mass is 10.1. The summed E-state index contributed by atoms with van der Waals surface area (Å²) < 4.78 is 7.68. The Morgan fingerprint density at radius 1 is 1.30 bits per heavy atom. The molecule has 2 heterocycles. The minimum atomic E-state index is 0.427. The highest BCUT2D eigenvalue weighted by atomic mass is 16.5. The molecule has 0 atom stereocenters. The van der Waals surface area contributed by atoms with Gasteiger partial charge >= 0.3 is 0 Å². The monoisotopic (exact) mass is 269 g/mol. The second-order valence-corrected chi connectivity index (χ2v) is 5.34. The first-order valence-electron chi connectivity index (χ1n) is 6.81. The standard InChI is InChI=1S/C16H19N3O/c1-10(2)16-11(3)15(20-4)8-19(16)12-5-6-13-14(7-12)18-9-17-13/h5-10H,1-4H3,(H,17,18). The number of ether oxygens (including phenoxy) is 1. The van der Waals surface area contributed by atoms with E-state index in [0.29, 0.717) is 5.92 Å². The van der Waals surface area contributed by atoms with E-state index in [1.54, 1.807) is 13.4 Å². The molecular weight excluding hydrogens is 250 g/mol. The average Bonchev–Trinajstić information content (AvgIpc) is 3.01. The summed E-state index contributed by atoms with van der Waals surface area (Å²) in [6, 6.07) is 6.24. The van der Waals surface area contributed by atoms with Gasteiger partial charge in [0.2, 0.25) is 0 Å².